The summed E-state index contributed by atoms with van der Waals surface area (Å²) in [5.41, 5.74) is 0.593. The van der Waals surface area contributed by atoms with Gasteiger partial charge in [-0.05, 0) is 25.5 Å². The summed E-state index contributed by atoms with van der Waals surface area (Å²) in [6.45, 7) is 4.47. The van der Waals surface area contributed by atoms with Crippen molar-refractivity contribution in [3.63, 3.8) is 0 Å². The molecule has 0 saturated carbocycles. The summed E-state index contributed by atoms with van der Waals surface area (Å²) in [5.74, 6) is 0.466. The number of aryl methyl sites for hydroxylation is 3. The number of hydrogen-bond donors (Lipinski definition) is 1. The number of anilines is 1. The summed E-state index contributed by atoms with van der Waals surface area (Å²) in [6, 6.07) is 4.06. The lowest BCUT2D eigenvalue weighted by molar-refractivity contribution is -0.384. The molecular formula is C12H16N4O2S. The molecule has 2 heterocycles. The van der Waals surface area contributed by atoms with Gasteiger partial charge >= 0.3 is 5.69 Å². The molecule has 0 aliphatic carbocycles. The van der Waals surface area contributed by atoms with E-state index >= 15 is 0 Å². The van der Waals surface area contributed by atoms with Gasteiger partial charge in [0.2, 0.25) is 5.82 Å². The van der Waals surface area contributed by atoms with Crippen LogP contribution in [-0.2, 0) is 20.0 Å². The van der Waals surface area contributed by atoms with Crippen LogP contribution in [-0.4, -0.2) is 14.7 Å². The van der Waals surface area contributed by atoms with Crippen LogP contribution in [0.4, 0.5) is 11.5 Å². The van der Waals surface area contributed by atoms with Gasteiger partial charge in [-0.1, -0.05) is 6.92 Å². The van der Waals surface area contributed by atoms with Crippen molar-refractivity contribution in [3.8, 4) is 0 Å². The van der Waals surface area contributed by atoms with Gasteiger partial charge in [0.05, 0.1) is 11.5 Å². The first-order valence-corrected chi connectivity index (χ1v) is 6.84. The summed E-state index contributed by atoms with van der Waals surface area (Å²) in [6.07, 6.45) is 0.546. The van der Waals surface area contributed by atoms with Gasteiger partial charge in [-0.25, -0.2) is 4.68 Å². The van der Waals surface area contributed by atoms with Gasteiger partial charge < -0.3 is 5.32 Å². The van der Waals surface area contributed by atoms with Crippen LogP contribution in [0.3, 0.4) is 0 Å². The molecule has 0 fully saturated rings. The summed E-state index contributed by atoms with van der Waals surface area (Å²) in [4.78, 5) is 13.1. The Hall–Kier alpha value is -1.89. The third-order valence-corrected chi connectivity index (χ3v) is 3.84. The molecule has 0 unspecified atom stereocenters. The Labute approximate surface area is 115 Å². The highest BCUT2D eigenvalue weighted by atomic mass is 32.1. The molecule has 2 aromatic heterocycles. The van der Waals surface area contributed by atoms with Crippen LogP contribution in [0.1, 0.15) is 22.4 Å². The van der Waals surface area contributed by atoms with Crippen LogP contribution >= 0.6 is 11.3 Å². The number of rotatable bonds is 5. The second-order valence-corrected chi connectivity index (χ2v) is 5.62. The predicted octanol–water partition coefficient (Wildman–Crippen LogP) is 2.87. The Morgan fingerprint density at radius 3 is 2.79 bits per heavy atom. The smallest absolute Gasteiger partial charge is 0.333 e. The maximum Gasteiger partial charge on any atom is 0.333 e. The fourth-order valence-corrected chi connectivity index (χ4v) is 2.78. The van der Waals surface area contributed by atoms with E-state index < -0.39 is 0 Å². The molecule has 7 heteroatoms. The van der Waals surface area contributed by atoms with E-state index in [1.165, 1.54) is 9.56 Å². The normalized spacial score (nSPS) is 10.7. The zero-order valence-corrected chi connectivity index (χ0v) is 12.0. The fraction of sp³-hybridized carbons (Fsp3) is 0.417. The van der Waals surface area contributed by atoms with Crippen molar-refractivity contribution in [2.75, 3.05) is 5.32 Å². The van der Waals surface area contributed by atoms with Gasteiger partial charge in [0.15, 0.2) is 0 Å². The van der Waals surface area contributed by atoms with Crippen LogP contribution < -0.4 is 5.32 Å². The van der Waals surface area contributed by atoms with Crippen molar-refractivity contribution in [2.24, 2.45) is 7.05 Å². The van der Waals surface area contributed by atoms with E-state index in [2.05, 4.69) is 10.4 Å². The largest absolute Gasteiger partial charge is 0.360 e. The first-order valence-electron chi connectivity index (χ1n) is 6.02. The van der Waals surface area contributed by atoms with E-state index in [1.807, 2.05) is 26.0 Å². The lowest BCUT2D eigenvalue weighted by Crippen LogP contribution is -2.05. The Bertz CT molecular complexity index is 603. The number of aromatic nitrogens is 2. The summed E-state index contributed by atoms with van der Waals surface area (Å²) in [7, 11) is 1.72. The maximum absolute atomic E-state index is 11.1. The summed E-state index contributed by atoms with van der Waals surface area (Å²) < 4.78 is 1.54. The molecule has 102 valence electrons. The van der Waals surface area contributed by atoms with E-state index in [-0.39, 0.29) is 10.6 Å². The van der Waals surface area contributed by atoms with E-state index in [9.17, 15) is 10.1 Å². The van der Waals surface area contributed by atoms with Crippen LogP contribution in [0.2, 0.25) is 0 Å². The maximum atomic E-state index is 11.1. The molecule has 1 N–H and O–H groups in total. The predicted molar refractivity (Wildman–Crippen MR) is 75.6 cm³/mol. The van der Waals surface area contributed by atoms with Crippen molar-refractivity contribution >= 4 is 22.8 Å². The molecular weight excluding hydrogens is 264 g/mol. The average Bonchev–Trinajstić information content (AvgIpc) is 2.90. The van der Waals surface area contributed by atoms with Crippen molar-refractivity contribution in [1.29, 1.82) is 0 Å². The average molecular weight is 280 g/mol. The van der Waals surface area contributed by atoms with Crippen LogP contribution in [0, 0.1) is 17.0 Å². The minimum absolute atomic E-state index is 0.0817. The SMILES string of the molecule is CCc1nn(C)c(NCc2ccc(C)s2)c1[N+](=O)[O-]. The Morgan fingerprint density at radius 1 is 1.53 bits per heavy atom. The first kappa shape index (κ1) is 13.5. The minimum atomic E-state index is -0.367. The monoisotopic (exact) mass is 280 g/mol. The molecule has 0 aliphatic heterocycles. The minimum Gasteiger partial charge on any atom is -0.360 e. The van der Waals surface area contributed by atoms with Crippen LogP contribution in [0.25, 0.3) is 0 Å². The number of hydrogen-bond acceptors (Lipinski definition) is 5. The molecule has 0 radical (unpaired) electrons. The van der Waals surface area contributed by atoms with Crippen molar-refractivity contribution in [3.05, 3.63) is 37.7 Å². The zero-order valence-electron chi connectivity index (χ0n) is 11.1. The highest BCUT2D eigenvalue weighted by Gasteiger charge is 2.25. The number of nitro groups is 1. The topological polar surface area (TPSA) is 73.0 Å². The van der Waals surface area contributed by atoms with E-state index in [0.717, 1.165) is 4.88 Å². The third-order valence-electron chi connectivity index (χ3n) is 2.84. The molecule has 2 aromatic rings. The number of nitrogens with zero attached hydrogens (tertiary/aromatic N) is 3. The van der Waals surface area contributed by atoms with Gasteiger partial charge in [0.25, 0.3) is 0 Å². The lowest BCUT2D eigenvalue weighted by atomic mass is 10.3. The highest BCUT2D eigenvalue weighted by molar-refractivity contribution is 7.11. The quantitative estimate of drug-likeness (QED) is 0.675. The standard InChI is InChI=1S/C12H16N4O2S/c1-4-10-11(16(17)18)12(15(3)14-10)13-7-9-6-5-8(2)19-9/h5-6,13H,4,7H2,1-3H3. The Kier molecular flexibility index (Phi) is 3.84. The fourth-order valence-electron chi connectivity index (χ4n) is 1.95. The second kappa shape index (κ2) is 5.40. The van der Waals surface area contributed by atoms with Crippen LogP contribution in [0.15, 0.2) is 12.1 Å². The van der Waals surface area contributed by atoms with Gasteiger partial charge in [0.1, 0.15) is 5.69 Å². The molecule has 0 atom stereocenters. The zero-order chi connectivity index (χ0) is 14.0. The molecule has 0 aromatic carbocycles. The molecule has 0 spiro atoms. The lowest BCUT2D eigenvalue weighted by Gasteiger charge is -2.04. The molecule has 0 bridgehead atoms. The van der Waals surface area contributed by atoms with Gasteiger partial charge in [-0.2, -0.15) is 5.10 Å². The second-order valence-electron chi connectivity index (χ2n) is 4.24. The third kappa shape index (κ3) is 2.76. The Morgan fingerprint density at radius 2 is 2.26 bits per heavy atom. The van der Waals surface area contributed by atoms with Crippen molar-refractivity contribution < 1.29 is 4.92 Å². The molecule has 0 aliphatic rings. The highest BCUT2D eigenvalue weighted by Crippen LogP contribution is 2.29. The first-order chi connectivity index (χ1) is 9.02. The molecule has 0 saturated heterocycles. The molecule has 2 rings (SSSR count). The van der Waals surface area contributed by atoms with E-state index in [4.69, 9.17) is 0 Å². The van der Waals surface area contributed by atoms with Crippen molar-refractivity contribution in [1.82, 2.24) is 9.78 Å². The number of nitrogens with one attached hydrogen (secondary N) is 1. The van der Waals surface area contributed by atoms with E-state index in [0.29, 0.717) is 24.5 Å². The molecule has 6 nitrogen and oxygen atoms in total. The molecule has 19 heavy (non-hydrogen) atoms. The summed E-state index contributed by atoms with van der Waals surface area (Å²) >= 11 is 1.68. The Balaban J connectivity index is 2.24. The van der Waals surface area contributed by atoms with Gasteiger partial charge in [0, 0.05) is 16.8 Å². The summed E-state index contributed by atoms with van der Waals surface area (Å²) in [5, 5.41) is 18.4. The van der Waals surface area contributed by atoms with Crippen LogP contribution in [0.5, 0.6) is 0 Å². The van der Waals surface area contributed by atoms with Gasteiger partial charge in [-0.15, -0.1) is 11.3 Å². The van der Waals surface area contributed by atoms with E-state index in [1.54, 1.807) is 18.4 Å². The number of thiophene rings is 1. The van der Waals surface area contributed by atoms with Gasteiger partial charge in [-0.3, -0.25) is 10.1 Å². The molecule has 0 amide bonds. The van der Waals surface area contributed by atoms with Crippen molar-refractivity contribution in [2.45, 2.75) is 26.8 Å².